The third kappa shape index (κ3) is 2.34. The van der Waals surface area contributed by atoms with Crippen LogP contribution >= 0.6 is 0 Å². The van der Waals surface area contributed by atoms with E-state index >= 15 is 0 Å². The standard InChI is InChI=1S/C14H20N2O/c1-10-4-5-13-12(8-10)11(6-7-15-2)9-14(17)16(13)3/h4-5,8,11,15H,6-7,9H2,1-3H3. The summed E-state index contributed by atoms with van der Waals surface area (Å²) in [7, 11) is 3.82. The summed E-state index contributed by atoms with van der Waals surface area (Å²) in [5.41, 5.74) is 3.66. The van der Waals surface area contributed by atoms with Crippen molar-refractivity contribution >= 4 is 11.6 Å². The van der Waals surface area contributed by atoms with Gasteiger partial charge in [-0.15, -0.1) is 0 Å². The van der Waals surface area contributed by atoms with Gasteiger partial charge in [0.1, 0.15) is 0 Å². The number of hydrogen-bond donors (Lipinski definition) is 1. The lowest BCUT2D eigenvalue weighted by Crippen LogP contribution is -2.34. The predicted molar refractivity (Wildman–Crippen MR) is 70.5 cm³/mol. The van der Waals surface area contributed by atoms with E-state index in [-0.39, 0.29) is 5.91 Å². The van der Waals surface area contributed by atoms with Gasteiger partial charge in [0.25, 0.3) is 0 Å². The molecule has 1 aromatic rings. The van der Waals surface area contributed by atoms with Crippen LogP contribution in [0.2, 0.25) is 0 Å². The smallest absolute Gasteiger partial charge is 0.227 e. The molecule has 3 nitrogen and oxygen atoms in total. The molecule has 1 N–H and O–H groups in total. The highest BCUT2D eigenvalue weighted by Gasteiger charge is 2.28. The summed E-state index contributed by atoms with van der Waals surface area (Å²) in [4.78, 5) is 13.7. The summed E-state index contributed by atoms with van der Waals surface area (Å²) in [6.07, 6.45) is 1.65. The minimum atomic E-state index is 0.224. The highest BCUT2D eigenvalue weighted by molar-refractivity contribution is 5.96. The molecular formula is C14H20N2O. The Balaban J connectivity index is 2.35. The van der Waals surface area contributed by atoms with Crippen LogP contribution in [0.5, 0.6) is 0 Å². The number of rotatable bonds is 3. The summed E-state index contributed by atoms with van der Waals surface area (Å²) in [6.45, 7) is 3.06. The molecule has 1 aliphatic rings. The fourth-order valence-corrected chi connectivity index (χ4v) is 2.47. The molecule has 1 unspecified atom stereocenters. The van der Waals surface area contributed by atoms with Gasteiger partial charge in [-0.1, -0.05) is 17.7 Å². The summed E-state index contributed by atoms with van der Waals surface area (Å²) in [5.74, 6) is 0.587. The summed E-state index contributed by atoms with van der Waals surface area (Å²) in [5, 5.41) is 3.16. The van der Waals surface area contributed by atoms with Gasteiger partial charge in [0.15, 0.2) is 0 Å². The van der Waals surface area contributed by atoms with Crippen molar-refractivity contribution in [2.45, 2.75) is 25.7 Å². The predicted octanol–water partition coefficient (Wildman–Crippen LogP) is 2.05. The van der Waals surface area contributed by atoms with Crippen LogP contribution in [-0.2, 0) is 4.79 Å². The molecule has 17 heavy (non-hydrogen) atoms. The average Bonchev–Trinajstić information content (AvgIpc) is 2.32. The Hall–Kier alpha value is -1.35. The van der Waals surface area contributed by atoms with Gasteiger partial charge in [-0.25, -0.2) is 0 Å². The van der Waals surface area contributed by atoms with Gasteiger partial charge in [-0.3, -0.25) is 4.79 Å². The quantitative estimate of drug-likeness (QED) is 0.865. The number of benzene rings is 1. The van der Waals surface area contributed by atoms with Crippen LogP contribution in [0.1, 0.15) is 29.9 Å². The normalized spacial score (nSPS) is 19.4. The van der Waals surface area contributed by atoms with Crippen molar-refractivity contribution < 1.29 is 4.79 Å². The number of nitrogens with zero attached hydrogens (tertiary/aromatic N) is 1. The highest BCUT2D eigenvalue weighted by Crippen LogP contribution is 2.37. The topological polar surface area (TPSA) is 32.3 Å². The SMILES string of the molecule is CNCCC1CC(=O)N(C)c2ccc(C)cc21. The number of amides is 1. The van der Waals surface area contributed by atoms with E-state index in [2.05, 4.69) is 30.4 Å². The highest BCUT2D eigenvalue weighted by atomic mass is 16.2. The van der Waals surface area contributed by atoms with E-state index in [0.29, 0.717) is 12.3 Å². The number of hydrogen-bond acceptors (Lipinski definition) is 2. The molecule has 1 heterocycles. The van der Waals surface area contributed by atoms with E-state index in [1.807, 2.05) is 14.1 Å². The van der Waals surface area contributed by atoms with Gasteiger partial charge in [0, 0.05) is 19.2 Å². The monoisotopic (exact) mass is 232 g/mol. The van der Waals surface area contributed by atoms with Crippen LogP contribution in [0.3, 0.4) is 0 Å². The van der Waals surface area contributed by atoms with Crippen LogP contribution in [-0.4, -0.2) is 26.5 Å². The van der Waals surface area contributed by atoms with Crippen molar-refractivity contribution in [1.82, 2.24) is 5.32 Å². The fourth-order valence-electron chi connectivity index (χ4n) is 2.47. The largest absolute Gasteiger partial charge is 0.320 e. The van der Waals surface area contributed by atoms with Crippen molar-refractivity contribution in [3.63, 3.8) is 0 Å². The number of fused-ring (bicyclic) bond motifs is 1. The summed E-state index contributed by atoms with van der Waals surface area (Å²) >= 11 is 0. The fraction of sp³-hybridized carbons (Fsp3) is 0.500. The molecule has 0 saturated carbocycles. The molecule has 1 atom stereocenters. The Labute approximate surface area is 103 Å². The maximum absolute atomic E-state index is 11.9. The lowest BCUT2D eigenvalue weighted by molar-refractivity contribution is -0.119. The first-order valence-corrected chi connectivity index (χ1v) is 6.15. The molecule has 92 valence electrons. The van der Waals surface area contributed by atoms with E-state index in [9.17, 15) is 4.79 Å². The molecule has 0 aliphatic carbocycles. The molecule has 2 rings (SSSR count). The maximum Gasteiger partial charge on any atom is 0.227 e. The third-order valence-corrected chi connectivity index (χ3v) is 3.52. The van der Waals surface area contributed by atoms with Crippen LogP contribution in [0.4, 0.5) is 5.69 Å². The second-order valence-electron chi connectivity index (χ2n) is 4.81. The zero-order valence-corrected chi connectivity index (χ0v) is 10.8. The van der Waals surface area contributed by atoms with Crippen LogP contribution < -0.4 is 10.2 Å². The van der Waals surface area contributed by atoms with E-state index in [1.165, 1.54) is 11.1 Å². The molecule has 0 bridgehead atoms. The Morgan fingerprint density at radius 1 is 1.47 bits per heavy atom. The van der Waals surface area contributed by atoms with E-state index in [1.54, 1.807) is 4.90 Å². The van der Waals surface area contributed by atoms with Gasteiger partial charge in [-0.05, 0) is 44.5 Å². The molecule has 1 amide bonds. The number of aryl methyl sites for hydroxylation is 1. The molecule has 1 aliphatic heterocycles. The molecule has 3 heteroatoms. The van der Waals surface area contributed by atoms with Gasteiger partial charge in [0.05, 0.1) is 0 Å². The van der Waals surface area contributed by atoms with Crippen molar-refractivity contribution in [3.05, 3.63) is 29.3 Å². The second-order valence-corrected chi connectivity index (χ2v) is 4.81. The minimum Gasteiger partial charge on any atom is -0.320 e. The van der Waals surface area contributed by atoms with Crippen LogP contribution in [0, 0.1) is 6.92 Å². The van der Waals surface area contributed by atoms with Crippen molar-refractivity contribution in [2.75, 3.05) is 25.5 Å². The van der Waals surface area contributed by atoms with Crippen LogP contribution in [0.25, 0.3) is 0 Å². The number of nitrogens with one attached hydrogen (secondary N) is 1. The molecule has 0 radical (unpaired) electrons. The van der Waals surface area contributed by atoms with Crippen molar-refractivity contribution in [1.29, 1.82) is 0 Å². The molecule has 0 saturated heterocycles. The first-order chi connectivity index (χ1) is 8.13. The summed E-state index contributed by atoms with van der Waals surface area (Å²) in [6, 6.07) is 6.36. The van der Waals surface area contributed by atoms with Gasteiger partial charge < -0.3 is 10.2 Å². The lowest BCUT2D eigenvalue weighted by atomic mass is 9.86. The zero-order valence-electron chi connectivity index (χ0n) is 10.8. The molecule has 0 spiro atoms. The molecule has 1 aromatic carbocycles. The minimum absolute atomic E-state index is 0.224. The lowest BCUT2D eigenvalue weighted by Gasteiger charge is -2.32. The Morgan fingerprint density at radius 2 is 2.24 bits per heavy atom. The average molecular weight is 232 g/mol. The second kappa shape index (κ2) is 4.88. The van der Waals surface area contributed by atoms with Gasteiger partial charge in [0.2, 0.25) is 5.91 Å². The molecule has 0 aromatic heterocycles. The Kier molecular flexibility index (Phi) is 3.48. The first kappa shape index (κ1) is 12.1. The van der Waals surface area contributed by atoms with E-state index in [0.717, 1.165) is 18.7 Å². The van der Waals surface area contributed by atoms with Crippen molar-refractivity contribution in [2.24, 2.45) is 0 Å². The van der Waals surface area contributed by atoms with Crippen LogP contribution in [0.15, 0.2) is 18.2 Å². The van der Waals surface area contributed by atoms with Gasteiger partial charge >= 0.3 is 0 Å². The van der Waals surface area contributed by atoms with E-state index < -0.39 is 0 Å². The maximum atomic E-state index is 11.9. The number of carbonyl (C=O) groups excluding carboxylic acids is 1. The number of anilines is 1. The van der Waals surface area contributed by atoms with Crippen molar-refractivity contribution in [3.8, 4) is 0 Å². The zero-order chi connectivity index (χ0) is 12.4. The number of carbonyl (C=O) groups is 1. The molecular weight excluding hydrogens is 212 g/mol. The Bertz CT molecular complexity index is 428. The first-order valence-electron chi connectivity index (χ1n) is 6.15. The molecule has 0 fully saturated rings. The van der Waals surface area contributed by atoms with Gasteiger partial charge in [-0.2, -0.15) is 0 Å². The third-order valence-electron chi connectivity index (χ3n) is 3.52. The van der Waals surface area contributed by atoms with E-state index in [4.69, 9.17) is 0 Å². The summed E-state index contributed by atoms with van der Waals surface area (Å²) < 4.78 is 0. The Morgan fingerprint density at radius 3 is 2.94 bits per heavy atom.